The second-order valence-electron chi connectivity index (χ2n) is 3.81. The van der Waals surface area contributed by atoms with Gasteiger partial charge in [0.05, 0.1) is 12.1 Å². The Labute approximate surface area is 117 Å². The summed E-state index contributed by atoms with van der Waals surface area (Å²) in [5.41, 5.74) is 1.67. The second kappa shape index (κ2) is 6.02. The van der Waals surface area contributed by atoms with Crippen LogP contribution in [0.2, 0.25) is 0 Å². The van der Waals surface area contributed by atoms with Gasteiger partial charge in [0.15, 0.2) is 0 Å². The molecule has 0 unspecified atom stereocenters. The number of nitrogens with zero attached hydrogens (tertiary/aromatic N) is 1. The fourth-order valence-corrected chi connectivity index (χ4v) is 1.99. The van der Waals surface area contributed by atoms with Gasteiger partial charge in [-0.3, -0.25) is 4.98 Å². The van der Waals surface area contributed by atoms with Gasteiger partial charge in [-0.1, -0.05) is 0 Å². The molecule has 7 nitrogen and oxygen atoms in total. The van der Waals surface area contributed by atoms with Gasteiger partial charge in [0, 0.05) is 16.8 Å². The van der Waals surface area contributed by atoms with Crippen molar-refractivity contribution >= 4 is 29.0 Å². The lowest BCUT2D eigenvalue weighted by Crippen LogP contribution is -2.27. The molecule has 0 saturated carbocycles. The highest BCUT2D eigenvalue weighted by Gasteiger charge is 2.11. The number of amides is 2. The van der Waals surface area contributed by atoms with Crippen molar-refractivity contribution in [1.29, 1.82) is 0 Å². The molecule has 1 heterocycles. The van der Waals surface area contributed by atoms with Gasteiger partial charge in [-0.15, -0.1) is 11.3 Å². The van der Waals surface area contributed by atoms with E-state index in [-0.39, 0.29) is 17.0 Å². The third-order valence-electron chi connectivity index (χ3n) is 2.39. The SMILES string of the molecule is O=C(NCc1cncs1)Nc1ccc(O)c(C(=O)O)c1. The van der Waals surface area contributed by atoms with Gasteiger partial charge in [0.25, 0.3) is 0 Å². The molecular weight excluding hydrogens is 282 g/mol. The van der Waals surface area contributed by atoms with Gasteiger partial charge < -0.3 is 20.8 Å². The fraction of sp³-hybridized carbons (Fsp3) is 0.0833. The van der Waals surface area contributed by atoms with Crippen molar-refractivity contribution in [3.8, 4) is 5.75 Å². The Morgan fingerprint density at radius 3 is 2.80 bits per heavy atom. The van der Waals surface area contributed by atoms with E-state index >= 15 is 0 Å². The summed E-state index contributed by atoms with van der Waals surface area (Å²) in [5.74, 6) is -1.62. The number of carboxylic acids is 1. The predicted octanol–water partition coefficient (Wildman–Crippen LogP) is 1.87. The third-order valence-corrected chi connectivity index (χ3v) is 3.17. The maximum absolute atomic E-state index is 11.6. The molecule has 0 spiro atoms. The standard InChI is InChI=1S/C12H11N3O4S/c16-10-2-1-7(3-9(10)11(17)18)15-12(19)14-5-8-4-13-6-20-8/h1-4,6,16H,5H2,(H,17,18)(H2,14,15,19). The molecule has 0 atom stereocenters. The molecule has 0 fully saturated rings. The quantitative estimate of drug-likeness (QED) is 0.643. The van der Waals surface area contributed by atoms with E-state index in [2.05, 4.69) is 15.6 Å². The zero-order valence-electron chi connectivity index (χ0n) is 10.2. The summed E-state index contributed by atoms with van der Waals surface area (Å²) in [6.45, 7) is 0.334. The Morgan fingerprint density at radius 2 is 2.15 bits per heavy atom. The summed E-state index contributed by atoms with van der Waals surface area (Å²) < 4.78 is 0. The first-order valence-corrected chi connectivity index (χ1v) is 6.43. The summed E-state index contributed by atoms with van der Waals surface area (Å²) in [7, 11) is 0. The number of aromatic hydroxyl groups is 1. The van der Waals surface area contributed by atoms with Crippen molar-refractivity contribution in [3.05, 3.63) is 40.3 Å². The number of thiazole rings is 1. The molecular formula is C12H11N3O4S. The summed E-state index contributed by atoms with van der Waals surface area (Å²) in [6, 6.07) is 3.33. The highest BCUT2D eigenvalue weighted by Crippen LogP contribution is 2.21. The van der Waals surface area contributed by atoms with Crippen LogP contribution in [0.15, 0.2) is 29.9 Å². The maximum Gasteiger partial charge on any atom is 0.339 e. The molecule has 20 heavy (non-hydrogen) atoms. The molecule has 8 heteroatoms. The topological polar surface area (TPSA) is 112 Å². The average molecular weight is 293 g/mol. The van der Waals surface area contributed by atoms with E-state index in [1.165, 1.54) is 29.5 Å². The zero-order chi connectivity index (χ0) is 14.5. The second-order valence-corrected chi connectivity index (χ2v) is 4.78. The van der Waals surface area contributed by atoms with Gasteiger partial charge >= 0.3 is 12.0 Å². The van der Waals surface area contributed by atoms with Crippen molar-refractivity contribution in [1.82, 2.24) is 10.3 Å². The number of benzene rings is 1. The van der Waals surface area contributed by atoms with E-state index in [0.29, 0.717) is 6.54 Å². The summed E-state index contributed by atoms with van der Waals surface area (Å²) in [5, 5.41) is 23.3. The minimum absolute atomic E-state index is 0.273. The molecule has 0 bridgehead atoms. The Kier molecular flexibility index (Phi) is 4.16. The number of anilines is 1. The number of carbonyl (C=O) groups is 2. The monoisotopic (exact) mass is 293 g/mol. The minimum atomic E-state index is -1.27. The average Bonchev–Trinajstić information content (AvgIpc) is 2.91. The molecule has 0 aliphatic heterocycles. The van der Waals surface area contributed by atoms with Crippen LogP contribution in [-0.4, -0.2) is 27.2 Å². The maximum atomic E-state index is 11.6. The summed E-state index contributed by atoms with van der Waals surface area (Å²) in [6.07, 6.45) is 1.65. The molecule has 1 aromatic carbocycles. The van der Waals surface area contributed by atoms with Crippen molar-refractivity contribution in [3.63, 3.8) is 0 Å². The molecule has 0 aliphatic rings. The molecule has 0 aliphatic carbocycles. The lowest BCUT2D eigenvalue weighted by molar-refractivity contribution is 0.0693. The van der Waals surface area contributed by atoms with Crippen molar-refractivity contribution in [2.45, 2.75) is 6.54 Å². The van der Waals surface area contributed by atoms with Crippen LogP contribution in [0.4, 0.5) is 10.5 Å². The van der Waals surface area contributed by atoms with Crippen LogP contribution in [0.5, 0.6) is 5.75 Å². The highest BCUT2D eigenvalue weighted by atomic mass is 32.1. The first-order chi connectivity index (χ1) is 9.56. The fourth-order valence-electron chi connectivity index (χ4n) is 1.46. The number of rotatable bonds is 4. The van der Waals surface area contributed by atoms with Crippen molar-refractivity contribution in [2.75, 3.05) is 5.32 Å². The molecule has 104 valence electrons. The molecule has 0 saturated heterocycles. The zero-order valence-corrected chi connectivity index (χ0v) is 11.0. The van der Waals surface area contributed by atoms with Gasteiger partial charge in [-0.25, -0.2) is 9.59 Å². The Balaban J connectivity index is 1.97. The first-order valence-electron chi connectivity index (χ1n) is 5.55. The van der Waals surface area contributed by atoms with E-state index in [9.17, 15) is 14.7 Å². The number of hydrogen-bond donors (Lipinski definition) is 4. The predicted molar refractivity (Wildman–Crippen MR) is 73.0 cm³/mol. The van der Waals surface area contributed by atoms with Gasteiger partial charge in [0.2, 0.25) is 0 Å². The highest BCUT2D eigenvalue weighted by molar-refractivity contribution is 7.09. The molecule has 2 amide bonds. The van der Waals surface area contributed by atoms with E-state index in [4.69, 9.17) is 5.11 Å². The Hall–Kier alpha value is -2.61. The Bertz CT molecular complexity index is 628. The van der Waals surface area contributed by atoms with E-state index in [0.717, 1.165) is 4.88 Å². The van der Waals surface area contributed by atoms with E-state index < -0.39 is 12.0 Å². The summed E-state index contributed by atoms with van der Waals surface area (Å²) in [4.78, 5) is 27.3. The summed E-state index contributed by atoms with van der Waals surface area (Å²) >= 11 is 1.42. The number of phenols is 1. The van der Waals surface area contributed by atoms with Gasteiger partial charge in [0.1, 0.15) is 11.3 Å². The van der Waals surface area contributed by atoms with E-state index in [1.54, 1.807) is 11.7 Å². The van der Waals surface area contributed by atoms with Crippen LogP contribution in [0.3, 0.4) is 0 Å². The Morgan fingerprint density at radius 1 is 1.35 bits per heavy atom. The van der Waals surface area contributed by atoms with Crippen LogP contribution < -0.4 is 10.6 Å². The minimum Gasteiger partial charge on any atom is -0.507 e. The smallest absolute Gasteiger partial charge is 0.339 e. The number of aromatic nitrogens is 1. The number of urea groups is 1. The number of nitrogens with one attached hydrogen (secondary N) is 2. The van der Waals surface area contributed by atoms with Crippen LogP contribution >= 0.6 is 11.3 Å². The molecule has 2 rings (SSSR count). The molecule has 1 aromatic heterocycles. The molecule has 0 radical (unpaired) electrons. The lowest BCUT2D eigenvalue weighted by atomic mass is 10.2. The normalized spacial score (nSPS) is 10.0. The third kappa shape index (κ3) is 3.45. The lowest BCUT2D eigenvalue weighted by Gasteiger charge is -2.08. The number of aromatic carboxylic acids is 1. The van der Waals surface area contributed by atoms with Crippen molar-refractivity contribution in [2.24, 2.45) is 0 Å². The number of carboxylic acid groups (broad SMARTS) is 1. The van der Waals surface area contributed by atoms with Gasteiger partial charge in [-0.05, 0) is 18.2 Å². The van der Waals surface area contributed by atoms with Crippen LogP contribution in [0.1, 0.15) is 15.2 Å². The van der Waals surface area contributed by atoms with Crippen LogP contribution in [0.25, 0.3) is 0 Å². The van der Waals surface area contributed by atoms with E-state index in [1.807, 2.05) is 0 Å². The van der Waals surface area contributed by atoms with Gasteiger partial charge in [-0.2, -0.15) is 0 Å². The number of hydrogen-bond acceptors (Lipinski definition) is 5. The van der Waals surface area contributed by atoms with Crippen LogP contribution in [0, 0.1) is 0 Å². The van der Waals surface area contributed by atoms with Crippen LogP contribution in [-0.2, 0) is 6.54 Å². The largest absolute Gasteiger partial charge is 0.507 e. The molecule has 4 N–H and O–H groups in total. The van der Waals surface area contributed by atoms with Crippen molar-refractivity contribution < 1.29 is 19.8 Å². The number of carbonyl (C=O) groups excluding carboxylic acids is 1. The molecule has 2 aromatic rings. The first kappa shape index (κ1) is 13.8.